The summed E-state index contributed by atoms with van der Waals surface area (Å²) >= 11 is 0. The van der Waals surface area contributed by atoms with Gasteiger partial charge in [-0.15, -0.1) is 0 Å². The number of hydrogen-bond acceptors (Lipinski definition) is 6. The molecule has 0 fully saturated rings. The van der Waals surface area contributed by atoms with Crippen molar-refractivity contribution in [2.24, 2.45) is 5.73 Å². The van der Waals surface area contributed by atoms with Gasteiger partial charge in [-0.3, -0.25) is 13.8 Å². The number of unbranched alkanes of at least 4 members (excludes halogenated alkanes) is 26. The Morgan fingerprint density at radius 2 is 0.981 bits per heavy atom. The van der Waals surface area contributed by atoms with E-state index in [0.29, 0.717) is 6.42 Å². The van der Waals surface area contributed by atoms with Gasteiger partial charge in [0.15, 0.2) is 0 Å². The van der Waals surface area contributed by atoms with Crippen molar-refractivity contribution in [3.05, 3.63) is 36.5 Å². The molecule has 5 N–H and O–H groups in total. The molecular weight excluding hydrogens is 695 g/mol. The second-order valence-corrected chi connectivity index (χ2v) is 16.7. The first-order valence-electron chi connectivity index (χ1n) is 22.6. The zero-order valence-electron chi connectivity index (χ0n) is 35.2. The van der Waals surface area contributed by atoms with E-state index in [1.165, 1.54) is 141 Å². The number of allylic oxidation sites excluding steroid dienone is 5. The predicted molar refractivity (Wildman–Crippen MR) is 231 cm³/mol. The molecule has 8 nitrogen and oxygen atoms in total. The topological polar surface area (TPSA) is 131 Å². The fourth-order valence-corrected chi connectivity index (χ4v) is 7.28. The molecule has 0 aliphatic carbocycles. The first kappa shape index (κ1) is 52.7. The third-order valence-electron chi connectivity index (χ3n) is 9.95. The summed E-state index contributed by atoms with van der Waals surface area (Å²) in [4.78, 5) is 22.7. The molecule has 3 unspecified atom stereocenters. The van der Waals surface area contributed by atoms with Gasteiger partial charge in [0.25, 0.3) is 0 Å². The van der Waals surface area contributed by atoms with Crippen molar-refractivity contribution in [3.63, 3.8) is 0 Å². The maximum atomic E-state index is 12.8. The zero-order valence-corrected chi connectivity index (χ0v) is 36.1. The number of phosphoric ester groups is 1. The maximum Gasteiger partial charge on any atom is 0.472 e. The van der Waals surface area contributed by atoms with Crippen LogP contribution in [0.2, 0.25) is 0 Å². The molecule has 0 aromatic rings. The third kappa shape index (κ3) is 39.0. The van der Waals surface area contributed by atoms with Crippen LogP contribution in [0.1, 0.15) is 213 Å². The Balaban J connectivity index is 4.12. The van der Waals surface area contributed by atoms with Gasteiger partial charge in [-0.2, -0.15) is 0 Å². The smallest absolute Gasteiger partial charge is 0.387 e. The monoisotopic (exact) mass is 783 g/mol. The van der Waals surface area contributed by atoms with Gasteiger partial charge in [0.2, 0.25) is 5.91 Å². The lowest BCUT2D eigenvalue weighted by Gasteiger charge is -2.23. The van der Waals surface area contributed by atoms with Crippen molar-refractivity contribution in [1.29, 1.82) is 0 Å². The lowest BCUT2D eigenvalue weighted by molar-refractivity contribution is -0.123. The molecule has 9 heteroatoms. The molecule has 0 saturated heterocycles. The van der Waals surface area contributed by atoms with Gasteiger partial charge in [-0.25, -0.2) is 4.57 Å². The lowest BCUT2D eigenvalue weighted by atomic mass is 10.0. The Labute approximate surface area is 333 Å². The number of carbonyl (C=O) groups excluding carboxylic acids is 1. The number of carbonyl (C=O) groups is 1. The minimum Gasteiger partial charge on any atom is -0.387 e. The van der Waals surface area contributed by atoms with E-state index in [1.54, 1.807) is 6.08 Å². The van der Waals surface area contributed by atoms with E-state index in [1.807, 2.05) is 6.08 Å². The predicted octanol–water partition coefficient (Wildman–Crippen LogP) is 12.7. The molecule has 0 aromatic carbocycles. The number of aliphatic hydroxyl groups is 1. The molecule has 0 aliphatic rings. The Kier molecular flexibility index (Phi) is 40.4. The minimum absolute atomic E-state index is 0.0726. The van der Waals surface area contributed by atoms with Crippen molar-refractivity contribution in [2.45, 2.75) is 225 Å². The van der Waals surface area contributed by atoms with Crippen LogP contribution in [-0.2, 0) is 18.4 Å². The summed E-state index contributed by atoms with van der Waals surface area (Å²) in [6.45, 7) is 4.08. The third-order valence-corrected chi connectivity index (χ3v) is 10.9. The van der Waals surface area contributed by atoms with Crippen LogP contribution in [0.4, 0.5) is 0 Å². The highest BCUT2D eigenvalue weighted by Gasteiger charge is 2.26. The number of rotatable bonds is 42. The van der Waals surface area contributed by atoms with E-state index in [2.05, 4.69) is 43.5 Å². The molecule has 0 saturated carbocycles. The summed E-state index contributed by atoms with van der Waals surface area (Å²) in [5.74, 6) is -0.206. The normalized spacial score (nSPS) is 14.4. The van der Waals surface area contributed by atoms with Crippen LogP contribution >= 0.6 is 7.82 Å². The number of nitrogens with one attached hydrogen (secondary N) is 1. The SMILES string of the molecule is CCCCC/C=C/CC/C=C/CC/C=C/C(O)C(COP(=O)(O)OCCN)NC(=O)CCCCCCCCCCCCCCCCCCCCCCCC. The highest BCUT2D eigenvalue weighted by atomic mass is 31.2. The van der Waals surface area contributed by atoms with E-state index in [4.69, 9.17) is 14.8 Å². The summed E-state index contributed by atoms with van der Waals surface area (Å²) in [5, 5.41) is 13.6. The average molecular weight is 783 g/mol. The number of phosphoric acid groups is 1. The van der Waals surface area contributed by atoms with Gasteiger partial charge in [0.1, 0.15) is 0 Å². The molecule has 0 rings (SSSR count). The standard InChI is InChI=1S/C45H87N2O6P/c1-3-5-7-9-11-13-15-17-18-19-20-21-22-23-24-25-27-29-31-33-35-37-39-45(49)47-43(42-53-54(50,51)52-41-40-46)44(48)38-36-34-32-30-28-26-16-14-12-10-8-6-4-2/h12,14,28,30,36,38,43-44,48H,3-11,13,15-27,29,31-35,37,39-42,46H2,1-2H3,(H,47,49)(H,50,51)/b14-12+,30-28+,38-36+. The molecule has 0 spiro atoms. The van der Waals surface area contributed by atoms with Gasteiger partial charge in [-0.05, 0) is 44.9 Å². The van der Waals surface area contributed by atoms with Crippen molar-refractivity contribution in [3.8, 4) is 0 Å². The van der Waals surface area contributed by atoms with E-state index >= 15 is 0 Å². The Hall–Kier alpha value is -1.28. The number of hydrogen-bond donors (Lipinski definition) is 4. The largest absolute Gasteiger partial charge is 0.472 e. The second kappa shape index (κ2) is 41.4. The van der Waals surface area contributed by atoms with E-state index in [9.17, 15) is 19.4 Å². The Morgan fingerprint density at radius 1 is 0.593 bits per heavy atom. The van der Waals surface area contributed by atoms with Crippen LogP contribution < -0.4 is 11.1 Å². The van der Waals surface area contributed by atoms with Crippen molar-refractivity contribution >= 4 is 13.7 Å². The molecule has 0 bridgehead atoms. The van der Waals surface area contributed by atoms with Gasteiger partial charge in [0.05, 0.1) is 25.4 Å². The molecule has 0 aromatic heterocycles. The zero-order chi connectivity index (χ0) is 39.6. The molecule has 318 valence electrons. The summed E-state index contributed by atoms with van der Waals surface area (Å²) in [6.07, 6.45) is 49.2. The first-order valence-corrected chi connectivity index (χ1v) is 24.1. The van der Waals surface area contributed by atoms with E-state index < -0.39 is 20.0 Å². The van der Waals surface area contributed by atoms with Crippen LogP contribution in [-0.4, -0.2) is 47.8 Å². The lowest BCUT2D eigenvalue weighted by Crippen LogP contribution is -2.45. The van der Waals surface area contributed by atoms with Crippen molar-refractivity contribution in [2.75, 3.05) is 19.8 Å². The second-order valence-electron chi connectivity index (χ2n) is 15.2. The molecule has 0 heterocycles. The van der Waals surface area contributed by atoms with E-state index in [-0.39, 0.29) is 25.7 Å². The van der Waals surface area contributed by atoms with Gasteiger partial charge >= 0.3 is 7.82 Å². The van der Waals surface area contributed by atoms with Crippen molar-refractivity contribution < 1.29 is 28.4 Å². The number of nitrogens with two attached hydrogens (primary N) is 1. The van der Waals surface area contributed by atoms with Crippen LogP contribution in [0.5, 0.6) is 0 Å². The number of aliphatic hydroxyl groups excluding tert-OH is 1. The summed E-state index contributed by atoms with van der Waals surface area (Å²) in [6, 6.07) is -0.880. The summed E-state index contributed by atoms with van der Waals surface area (Å²) in [5.41, 5.74) is 5.37. The van der Waals surface area contributed by atoms with Crippen molar-refractivity contribution in [1.82, 2.24) is 5.32 Å². The Bertz CT molecular complexity index is 943. The number of amides is 1. The molecular formula is C45H87N2O6P. The van der Waals surface area contributed by atoms with Gasteiger partial charge in [0, 0.05) is 13.0 Å². The Morgan fingerprint density at radius 3 is 1.43 bits per heavy atom. The highest BCUT2D eigenvalue weighted by Crippen LogP contribution is 2.43. The quantitative estimate of drug-likeness (QED) is 0.0275. The minimum atomic E-state index is -4.35. The first-order chi connectivity index (χ1) is 26.4. The highest BCUT2D eigenvalue weighted by molar-refractivity contribution is 7.47. The molecule has 0 aliphatic heterocycles. The van der Waals surface area contributed by atoms with Crippen LogP contribution in [0, 0.1) is 0 Å². The van der Waals surface area contributed by atoms with Crippen LogP contribution in [0.25, 0.3) is 0 Å². The van der Waals surface area contributed by atoms with E-state index in [0.717, 1.165) is 51.4 Å². The van der Waals surface area contributed by atoms with Gasteiger partial charge in [-0.1, -0.05) is 198 Å². The molecule has 1 amide bonds. The van der Waals surface area contributed by atoms with Gasteiger partial charge < -0.3 is 21.1 Å². The van der Waals surface area contributed by atoms with Crippen LogP contribution in [0.3, 0.4) is 0 Å². The fourth-order valence-electron chi connectivity index (χ4n) is 6.52. The summed E-state index contributed by atoms with van der Waals surface area (Å²) in [7, 11) is -4.35. The average Bonchev–Trinajstić information content (AvgIpc) is 3.16. The molecule has 3 atom stereocenters. The maximum absolute atomic E-state index is 12.8. The molecule has 54 heavy (non-hydrogen) atoms. The molecule has 0 radical (unpaired) electrons. The van der Waals surface area contributed by atoms with Crippen LogP contribution in [0.15, 0.2) is 36.5 Å². The summed E-state index contributed by atoms with van der Waals surface area (Å²) < 4.78 is 22.1. The fraction of sp³-hybridized carbons (Fsp3) is 0.844.